The zero-order chi connectivity index (χ0) is 24.9. The van der Waals surface area contributed by atoms with Crippen molar-refractivity contribution >= 4 is 39.7 Å². The van der Waals surface area contributed by atoms with Crippen molar-refractivity contribution in [3.8, 4) is 0 Å². The molecule has 1 aliphatic rings. The molecule has 0 radical (unpaired) electrons. The summed E-state index contributed by atoms with van der Waals surface area (Å²) in [5, 5.41) is 37.5. The van der Waals surface area contributed by atoms with E-state index in [1.807, 2.05) is 0 Å². The molecule has 4 aromatic rings. The molecule has 4 atom stereocenters. The summed E-state index contributed by atoms with van der Waals surface area (Å²) in [7, 11) is 0. The second-order valence-corrected chi connectivity index (χ2v) is 7.85. The molecule has 0 bridgehead atoms. The van der Waals surface area contributed by atoms with Crippen molar-refractivity contribution in [2.24, 2.45) is 0 Å². The van der Waals surface area contributed by atoms with Gasteiger partial charge < -0.3 is 31.3 Å². The molecule has 0 spiro atoms. The Hall–Kier alpha value is -4.47. The van der Waals surface area contributed by atoms with Gasteiger partial charge in [0.25, 0.3) is 16.5 Å². The molecule has 1 saturated heterocycles. The quantitative estimate of drug-likeness (QED) is 0.126. The first kappa shape index (κ1) is 22.3. The summed E-state index contributed by atoms with van der Waals surface area (Å²) >= 11 is 0. The van der Waals surface area contributed by atoms with E-state index in [4.69, 9.17) is 10.5 Å². The molecule has 0 saturated carbocycles. The van der Waals surface area contributed by atoms with E-state index in [1.54, 1.807) is 0 Å². The summed E-state index contributed by atoms with van der Waals surface area (Å²) in [5.74, 6) is 0.142. The minimum absolute atomic E-state index is 0.0659. The molecule has 0 amide bonds. The third-order valence-corrected chi connectivity index (χ3v) is 5.72. The van der Waals surface area contributed by atoms with Crippen LogP contribution in [0.1, 0.15) is 6.23 Å². The number of nitrogens with one attached hydrogen (secondary N) is 2. The maximum atomic E-state index is 12.1. The Labute approximate surface area is 194 Å². The molecule has 6 N–H and O–H groups in total. The number of ether oxygens (including phenoxy) is 1. The molecule has 1 fully saturated rings. The first-order valence-electron chi connectivity index (χ1n) is 10.3. The average molecular weight is 482 g/mol. The minimum atomic E-state index is -1.36. The lowest BCUT2D eigenvalue weighted by molar-refractivity contribution is -0.384. The van der Waals surface area contributed by atoms with Crippen molar-refractivity contribution in [1.82, 2.24) is 19.5 Å². The summed E-state index contributed by atoms with van der Waals surface area (Å²) in [6.07, 6.45) is -2.14. The number of non-ortho nitro benzene ring substituents is 1. The van der Waals surface area contributed by atoms with Gasteiger partial charge in [-0.3, -0.25) is 24.3 Å². The first-order valence-corrected chi connectivity index (χ1v) is 10.3. The highest BCUT2D eigenvalue weighted by molar-refractivity contribution is 5.81. The van der Waals surface area contributed by atoms with Gasteiger partial charge in [0, 0.05) is 24.4 Å². The summed E-state index contributed by atoms with van der Waals surface area (Å²) in [5.41, 5.74) is 4.71. The summed E-state index contributed by atoms with van der Waals surface area (Å²) in [6, 6.07) is 5.44. The van der Waals surface area contributed by atoms with Crippen molar-refractivity contribution in [1.29, 1.82) is 0 Å². The number of nitrogens with zero attached hydrogens (tertiary/aromatic N) is 5. The van der Waals surface area contributed by atoms with Gasteiger partial charge in [-0.1, -0.05) is 6.07 Å². The standard InChI is InChI=1S/C20H18N8O7/c21-18-13-19(24-6-23-18)27(7-25-13)20-17(32)14(29)10(35-20)5-22-11-12(16(31)15(11)30)26-8-2-1-3-9(4-8)28(33)34/h1-4,6-7,10,14,17,20,22,26,29,32H,5H2,(H2,21,23,24)/t10-,14-,17-,20-/m1/s1. The predicted molar refractivity (Wildman–Crippen MR) is 122 cm³/mol. The van der Waals surface area contributed by atoms with Crippen LogP contribution in [0.3, 0.4) is 0 Å². The Bertz CT molecular complexity index is 1510. The third kappa shape index (κ3) is 3.72. The number of fused-ring (bicyclic) bond motifs is 1. The average Bonchev–Trinajstić information content (AvgIpc) is 3.40. The van der Waals surface area contributed by atoms with Crippen LogP contribution in [0, 0.1) is 10.1 Å². The van der Waals surface area contributed by atoms with Crippen molar-refractivity contribution in [3.05, 3.63) is 67.5 Å². The van der Waals surface area contributed by atoms with Crippen LogP contribution < -0.4 is 27.2 Å². The number of nitrogens with two attached hydrogens (primary N) is 1. The Kier molecular flexibility index (Phi) is 5.35. The molecule has 5 rings (SSSR count). The van der Waals surface area contributed by atoms with E-state index in [1.165, 1.54) is 41.5 Å². The second-order valence-electron chi connectivity index (χ2n) is 7.85. The number of hydrogen-bond donors (Lipinski definition) is 5. The molecular formula is C20H18N8O7. The van der Waals surface area contributed by atoms with Gasteiger partial charge in [0.15, 0.2) is 17.7 Å². The van der Waals surface area contributed by atoms with Crippen molar-refractivity contribution < 1.29 is 19.9 Å². The van der Waals surface area contributed by atoms with Crippen LogP contribution in [-0.4, -0.2) is 59.5 Å². The molecule has 15 heteroatoms. The number of rotatable bonds is 7. The highest BCUT2D eigenvalue weighted by Gasteiger charge is 2.44. The number of aromatic nitrogens is 4. The lowest BCUT2D eigenvalue weighted by Gasteiger charge is -2.19. The second kappa shape index (κ2) is 8.39. The number of imidazole rings is 1. The SMILES string of the molecule is Nc1ncnc2c1ncn2[C@@H]1O[C@H](CNc2c(Nc3cccc([N+](=O)[O-])c3)c(=O)c2=O)[C@@H](O)[C@H]1O. The van der Waals surface area contributed by atoms with Crippen LogP contribution >= 0.6 is 0 Å². The van der Waals surface area contributed by atoms with Crippen LogP contribution in [0.15, 0.2) is 46.5 Å². The number of nitro groups is 1. The Morgan fingerprint density at radius 3 is 2.69 bits per heavy atom. The van der Waals surface area contributed by atoms with Crippen molar-refractivity contribution in [2.45, 2.75) is 24.5 Å². The molecule has 2 aromatic heterocycles. The van der Waals surface area contributed by atoms with E-state index < -0.39 is 40.3 Å². The van der Waals surface area contributed by atoms with Crippen LogP contribution in [0.2, 0.25) is 0 Å². The number of aliphatic hydroxyl groups is 2. The van der Waals surface area contributed by atoms with E-state index in [-0.39, 0.29) is 35.1 Å². The van der Waals surface area contributed by atoms with Gasteiger partial charge in [0.1, 0.15) is 41.5 Å². The predicted octanol–water partition coefficient (Wildman–Crippen LogP) is -0.612. The Morgan fingerprint density at radius 2 is 1.91 bits per heavy atom. The normalized spacial score (nSPS) is 22.0. The van der Waals surface area contributed by atoms with Gasteiger partial charge >= 0.3 is 0 Å². The highest BCUT2D eigenvalue weighted by atomic mass is 16.6. The molecule has 1 aliphatic heterocycles. The van der Waals surface area contributed by atoms with E-state index in [2.05, 4.69) is 25.6 Å². The Balaban J connectivity index is 1.31. The molecule has 15 nitrogen and oxygen atoms in total. The molecule has 0 unspecified atom stereocenters. The van der Waals surface area contributed by atoms with E-state index in [0.29, 0.717) is 11.2 Å². The molecule has 180 valence electrons. The molecule has 3 heterocycles. The molecule has 0 aliphatic carbocycles. The topological polar surface area (TPSA) is 221 Å². The number of aliphatic hydroxyl groups excluding tert-OH is 2. The van der Waals surface area contributed by atoms with Gasteiger partial charge in [0.05, 0.1) is 11.3 Å². The zero-order valence-corrected chi connectivity index (χ0v) is 17.7. The molecule has 2 aromatic carbocycles. The Morgan fingerprint density at radius 1 is 1.14 bits per heavy atom. The van der Waals surface area contributed by atoms with E-state index in [0.717, 1.165) is 0 Å². The summed E-state index contributed by atoms with van der Waals surface area (Å²) < 4.78 is 7.21. The smallest absolute Gasteiger partial charge is 0.271 e. The van der Waals surface area contributed by atoms with Gasteiger partial charge in [-0.2, -0.15) is 0 Å². The summed E-state index contributed by atoms with van der Waals surface area (Å²) in [6.45, 7) is -0.132. The van der Waals surface area contributed by atoms with Crippen molar-refractivity contribution in [3.63, 3.8) is 0 Å². The highest BCUT2D eigenvalue weighted by Crippen LogP contribution is 2.32. The lowest BCUT2D eigenvalue weighted by Crippen LogP contribution is -2.40. The van der Waals surface area contributed by atoms with Crippen LogP contribution in [0.4, 0.5) is 28.6 Å². The van der Waals surface area contributed by atoms with Crippen molar-refractivity contribution in [2.75, 3.05) is 22.9 Å². The number of benzene rings is 1. The summed E-state index contributed by atoms with van der Waals surface area (Å²) in [4.78, 5) is 46.6. The lowest BCUT2D eigenvalue weighted by atomic mass is 10.1. The fourth-order valence-corrected chi connectivity index (χ4v) is 3.91. The van der Waals surface area contributed by atoms with E-state index >= 15 is 0 Å². The van der Waals surface area contributed by atoms with Gasteiger partial charge in [-0.15, -0.1) is 0 Å². The zero-order valence-electron chi connectivity index (χ0n) is 17.7. The van der Waals surface area contributed by atoms with Crippen LogP contribution in [-0.2, 0) is 4.74 Å². The van der Waals surface area contributed by atoms with Crippen LogP contribution in [0.25, 0.3) is 11.2 Å². The fourth-order valence-electron chi connectivity index (χ4n) is 3.91. The fraction of sp³-hybridized carbons (Fsp3) is 0.250. The monoisotopic (exact) mass is 482 g/mol. The number of nitrogen functional groups attached to an aromatic ring is 1. The minimum Gasteiger partial charge on any atom is -0.387 e. The largest absolute Gasteiger partial charge is 0.387 e. The number of anilines is 4. The maximum absolute atomic E-state index is 12.1. The number of hydrogen-bond acceptors (Lipinski definition) is 13. The van der Waals surface area contributed by atoms with Gasteiger partial charge in [0.2, 0.25) is 0 Å². The number of nitro benzene ring substituents is 1. The molecule has 35 heavy (non-hydrogen) atoms. The third-order valence-electron chi connectivity index (χ3n) is 5.72. The molecular weight excluding hydrogens is 464 g/mol. The maximum Gasteiger partial charge on any atom is 0.271 e. The van der Waals surface area contributed by atoms with Gasteiger partial charge in [-0.25, -0.2) is 15.0 Å². The van der Waals surface area contributed by atoms with Gasteiger partial charge in [-0.05, 0) is 6.07 Å². The van der Waals surface area contributed by atoms with E-state index in [9.17, 15) is 29.9 Å². The van der Waals surface area contributed by atoms with Crippen LogP contribution in [0.5, 0.6) is 0 Å². The first-order chi connectivity index (χ1) is 16.8.